The number of hydrogen-bond donors (Lipinski definition) is 0. The SMILES string of the molecule is CCCC1(F)CCC[Si](F)(F)O1. The minimum atomic E-state index is -4.64. The van der Waals surface area contributed by atoms with E-state index in [1.165, 1.54) is 0 Å². The van der Waals surface area contributed by atoms with Gasteiger partial charge in [0.25, 0.3) is 0 Å². The highest BCUT2D eigenvalue weighted by atomic mass is 28.4. The van der Waals surface area contributed by atoms with Crippen LogP contribution in [0.1, 0.15) is 32.6 Å². The summed E-state index contributed by atoms with van der Waals surface area (Å²) in [5.41, 5.74) is 0. The zero-order chi connectivity index (χ0) is 9.24. The van der Waals surface area contributed by atoms with Crippen molar-refractivity contribution >= 4 is 8.99 Å². The van der Waals surface area contributed by atoms with Crippen molar-refractivity contribution in [2.45, 2.75) is 44.5 Å². The Labute approximate surface area is 71.4 Å². The lowest BCUT2D eigenvalue weighted by Gasteiger charge is -2.33. The summed E-state index contributed by atoms with van der Waals surface area (Å²) in [6.45, 7) is 1.76. The van der Waals surface area contributed by atoms with Crippen LogP contribution < -0.4 is 0 Å². The normalized spacial score (nSPS) is 35.0. The minimum absolute atomic E-state index is 0.0928. The molecular weight excluding hydrogens is 185 g/mol. The van der Waals surface area contributed by atoms with Crippen molar-refractivity contribution in [1.82, 2.24) is 0 Å². The fraction of sp³-hybridized carbons (Fsp3) is 1.00. The molecule has 0 spiro atoms. The maximum absolute atomic E-state index is 13.4. The molecule has 0 aromatic rings. The molecule has 0 aromatic carbocycles. The van der Waals surface area contributed by atoms with Crippen LogP contribution in [0.15, 0.2) is 0 Å². The van der Waals surface area contributed by atoms with Gasteiger partial charge in [0.05, 0.1) is 0 Å². The third kappa shape index (κ3) is 2.48. The zero-order valence-electron chi connectivity index (χ0n) is 7.08. The van der Waals surface area contributed by atoms with E-state index in [0.29, 0.717) is 6.42 Å². The Morgan fingerprint density at radius 1 is 1.50 bits per heavy atom. The Morgan fingerprint density at radius 3 is 2.67 bits per heavy atom. The molecule has 12 heavy (non-hydrogen) atoms. The molecule has 5 heteroatoms. The largest absolute Gasteiger partial charge is 0.580 e. The Balaban J connectivity index is 2.55. The Bertz CT molecular complexity index is 161. The summed E-state index contributed by atoms with van der Waals surface area (Å²) in [6, 6.07) is -0.220. The van der Waals surface area contributed by atoms with Crippen LogP contribution in [0.5, 0.6) is 0 Å². The monoisotopic (exact) mass is 198 g/mol. The van der Waals surface area contributed by atoms with Crippen molar-refractivity contribution in [3.05, 3.63) is 0 Å². The first-order valence-corrected chi connectivity index (χ1v) is 6.11. The summed E-state index contributed by atoms with van der Waals surface area (Å²) in [4.78, 5) is 0. The molecule has 1 unspecified atom stereocenters. The summed E-state index contributed by atoms with van der Waals surface area (Å²) < 4.78 is 43.0. The fourth-order valence-electron chi connectivity index (χ4n) is 1.48. The van der Waals surface area contributed by atoms with Crippen LogP contribution in [-0.4, -0.2) is 14.8 Å². The highest BCUT2D eigenvalue weighted by Crippen LogP contribution is 2.38. The van der Waals surface area contributed by atoms with E-state index < -0.39 is 14.8 Å². The van der Waals surface area contributed by atoms with Gasteiger partial charge in [-0.2, -0.15) is 0 Å². The van der Waals surface area contributed by atoms with E-state index in [4.69, 9.17) is 0 Å². The molecule has 0 bridgehead atoms. The third-order valence-electron chi connectivity index (χ3n) is 1.97. The molecule has 0 N–H and O–H groups in total. The second-order valence-electron chi connectivity index (χ2n) is 3.23. The first-order valence-electron chi connectivity index (χ1n) is 4.24. The zero-order valence-corrected chi connectivity index (χ0v) is 8.08. The molecule has 1 saturated heterocycles. The van der Waals surface area contributed by atoms with Gasteiger partial charge in [0.15, 0.2) is 0 Å². The van der Waals surface area contributed by atoms with E-state index in [1.54, 1.807) is 6.92 Å². The Morgan fingerprint density at radius 2 is 2.17 bits per heavy atom. The molecule has 0 radical (unpaired) electrons. The molecule has 1 rings (SSSR count). The molecule has 1 fully saturated rings. The van der Waals surface area contributed by atoms with Gasteiger partial charge in [0.2, 0.25) is 5.85 Å². The molecule has 1 heterocycles. The Kier molecular flexibility index (Phi) is 2.83. The van der Waals surface area contributed by atoms with Gasteiger partial charge in [-0.3, -0.25) is 0 Å². The van der Waals surface area contributed by atoms with Crippen molar-refractivity contribution in [2.24, 2.45) is 0 Å². The maximum Gasteiger partial charge on any atom is 0.580 e. The first kappa shape index (κ1) is 10.1. The summed E-state index contributed by atoms with van der Waals surface area (Å²) in [6.07, 6.45) is 1.02. The van der Waals surface area contributed by atoms with Crippen LogP contribution in [0.2, 0.25) is 6.04 Å². The Hall–Kier alpha value is -0.0331. The summed E-state index contributed by atoms with van der Waals surface area (Å²) in [7, 11) is -4.64. The van der Waals surface area contributed by atoms with Crippen LogP contribution in [0.3, 0.4) is 0 Å². The molecular formula is C7H13F3OSi. The van der Waals surface area contributed by atoms with Crippen LogP contribution in [0.4, 0.5) is 12.6 Å². The van der Waals surface area contributed by atoms with Gasteiger partial charge in [0, 0.05) is 18.9 Å². The van der Waals surface area contributed by atoms with E-state index in [0.717, 1.165) is 0 Å². The smallest absolute Gasteiger partial charge is 0.334 e. The van der Waals surface area contributed by atoms with Crippen molar-refractivity contribution in [1.29, 1.82) is 0 Å². The van der Waals surface area contributed by atoms with Gasteiger partial charge in [-0.15, -0.1) is 0 Å². The quantitative estimate of drug-likeness (QED) is 0.489. The molecule has 0 aromatic heterocycles. The van der Waals surface area contributed by atoms with Gasteiger partial charge < -0.3 is 4.43 Å². The minimum Gasteiger partial charge on any atom is -0.334 e. The molecule has 72 valence electrons. The average Bonchev–Trinajstić information content (AvgIpc) is 1.83. The highest BCUT2D eigenvalue weighted by Gasteiger charge is 2.51. The lowest BCUT2D eigenvalue weighted by molar-refractivity contribution is -0.113. The second kappa shape index (κ2) is 3.37. The van der Waals surface area contributed by atoms with E-state index in [1.807, 2.05) is 0 Å². The van der Waals surface area contributed by atoms with E-state index in [9.17, 15) is 12.6 Å². The first-order chi connectivity index (χ1) is 5.47. The van der Waals surface area contributed by atoms with Crippen molar-refractivity contribution in [3.63, 3.8) is 0 Å². The van der Waals surface area contributed by atoms with Gasteiger partial charge >= 0.3 is 8.99 Å². The fourth-order valence-corrected chi connectivity index (χ4v) is 2.91. The second-order valence-corrected chi connectivity index (χ2v) is 5.20. The van der Waals surface area contributed by atoms with Crippen LogP contribution in [0, 0.1) is 0 Å². The number of rotatable bonds is 2. The standard InChI is InChI=1S/C7H13F3OSi/c1-2-4-7(8)5-3-6-12(9,10)11-7/h2-6H2,1H3. The highest BCUT2D eigenvalue weighted by molar-refractivity contribution is 6.59. The lowest BCUT2D eigenvalue weighted by Crippen LogP contribution is -2.44. The molecule has 0 aliphatic carbocycles. The van der Waals surface area contributed by atoms with Crippen LogP contribution in [-0.2, 0) is 4.43 Å². The van der Waals surface area contributed by atoms with Gasteiger partial charge in [-0.25, -0.2) is 12.6 Å². The van der Waals surface area contributed by atoms with Gasteiger partial charge in [-0.05, 0) is 6.42 Å². The topological polar surface area (TPSA) is 9.23 Å². The molecule has 0 saturated carbocycles. The van der Waals surface area contributed by atoms with Crippen molar-refractivity contribution in [3.8, 4) is 0 Å². The van der Waals surface area contributed by atoms with Crippen LogP contribution >= 0.6 is 0 Å². The molecule has 1 nitrogen and oxygen atoms in total. The third-order valence-corrected chi connectivity index (χ3v) is 3.57. The van der Waals surface area contributed by atoms with Gasteiger partial charge in [-0.1, -0.05) is 13.3 Å². The average molecular weight is 198 g/mol. The van der Waals surface area contributed by atoms with Crippen LogP contribution in [0.25, 0.3) is 0 Å². The van der Waals surface area contributed by atoms with E-state index >= 15 is 0 Å². The van der Waals surface area contributed by atoms with E-state index in [-0.39, 0.29) is 25.3 Å². The number of hydrogen-bond acceptors (Lipinski definition) is 1. The maximum atomic E-state index is 13.4. The van der Waals surface area contributed by atoms with Crippen molar-refractivity contribution < 1.29 is 17.0 Å². The number of alkyl halides is 1. The predicted molar refractivity (Wildman–Crippen MR) is 41.8 cm³/mol. The van der Waals surface area contributed by atoms with Crippen molar-refractivity contribution in [2.75, 3.05) is 0 Å². The molecule has 1 aliphatic heterocycles. The van der Waals surface area contributed by atoms with E-state index in [2.05, 4.69) is 4.43 Å². The summed E-state index contributed by atoms with van der Waals surface area (Å²) in [5, 5.41) is 0. The van der Waals surface area contributed by atoms with Gasteiger partial charge in [0.1, 0.15) is 0 Å². The molecule has 1 atom stereocenters. The molecule has 0 amide bonds. The summed E-state index contributed by atoms with van der Waals surface area (Å²) in [5.74, 6) is -2.03. The lowest BCUT2D eigenvalue weighted by atomic mass is 10.1. The predicted octanol–water partition coefficient (Wildman–Crippen LogP) is 3.14. The summed E-state index contributed by atoms with van der Waals surface area (Å²) >= 11 is 0. The number of halogens is 3. The molecule has 1 aliphatic rings.